The number of benzene rings is 1. The normalized spacial score (nSPS) is 22.8. The molecule has 0 fully saturated rings. The Labute approximate surface area is 98.5 Å². The molecule has 2 rings (SSSR count). The number of aliphatic hydroxyl groups excluding tert-OH is 1. The Hall–Kier alpha value is -0.820. The van der Waals surface area contributed by atoms with Gasteiger partial charge in [-0.05, 0) is 36.3 Å². The van der Waals surface area contributed by atoms with Gasteiger partial charge in [0.25, 0.3) is 0 Å². The number of hydrogen-bond acceptors (Lipinski definition) is 1. The van der Waals surface area contributed by atoms with Crippen molar-refractivity contribution >= 4 is 0 Å². The molecule has 1 aromatic carbocycles. The Morgan fingerprint density at radius 1 is 1.38 bits per heavy atom. The predicted octanol–water partition coefficient (Wildman–Crippen LogP) is 3.51. The van der Waals surface area contributed by atoms with Crippen molar-refractivity contribution in [3.63, 3.8) is 0 Å². The van der Waals surface area contributed by atoms with E-state index in [-0.39, 0.29) is 6.10 Å². The summed E-state index contributed by atoms with van der Waals surface area (Å²) in [5, 5.41) is 10.4. The number of fused-ring (bicyclic) bond motifs is 1. The third kappa shape index (κ3) is 2.15. The Kier molecular flexibility index (Phi) is 3.65. The molecule has 1 aromatic rings. The molecule has 0 spiro atoms. The molecule has 3 unspecified atom stereocenters. The van der Waals surface area contributed by atoms with Gasteiger partial charge in [0, 0.05) is 5.92 Å². The molecular weight excluding hydrogens is 196 g/mol. The maximum atomic E-state index is 10.4. The SMILES string of the molecule is CCCC(C)C(O)C1CCc2ccccc21. The van der Waals surface area contributed by atoms with E-state index in [0.29, 0.717) is 11.8 Å². The molecule has 1 N–H and O–H groups in total. The number of rotatable bonds is 4. The lowest BCUT2D eigenvalue weighted by atomic mass is 9.86. The van der Waals surface area contributed by atoms with E-state index in [1.165, 1.54) is 11.1 Å². The van der Waals surface area contributed by atoms with E-state index in [0.717, 1.165) is 25.7 Å². The molecule has 3 atom stereocenters. The molecule has 1 heteroatoms. The smallest absolute Gasteiger partial charge is 0.0634 e. The van der Waals surface area contributed by atoms with Crippen LogP contribution in [0.5, 0.6) is 0 Å². The Morgan fingerprint density at radius 2 is 2.12 bits per heavy atom. The third-order valence-electron chi connectivity index (χ3n) is 3.92. The van der Waals surface area contributed by atoms with E-state index in [1.807, 2.05) is 0 Å². The molecule has 0 amide bonds. The lowest BCUT2D eigenvalue weighted by Crippen LogP contribution is -2.24. The first kappa shape index (κ1) is 11.7. The second-order valence-electron chi connectivity index (χ2n) is 5.10. The molecule has 0 radical (unpaired) electrons. The summed E-state index contributed by atoms with van der Waals surface area (Å²) in [6, 6.07) is 8.58. The van der Waals surface area contributed by atoms with Gasteiger partial charge in [0.2, 0.25) is 0 Å². The van der Waals surface area contributed by atoms with E-state index in [9.17, 15) is 5.11 Å². The zero-order valence-corrected chi connectivity index (χ0v) is 10.3. The highest BCUT2D eigenvalue weighted by molar-refractivity contribution is 5.35. The van der Waals surface area contributed by atoms with Gasteiger partial charge >= 0.3 is 0 Å². The van der Waals surface area contributed by atoms with Gasteiger partial charge in [0.1, 0.15) is 0 Å². The first-order valence-corrected chi connectivity index (χ1v) is 6.50. The second-order valence-corrected chi connectivity index (χ2v) is 5.10. The van der Waals surface area contributed by atoms with Crippen molar-refractivity contribution in [2.75, 3.05) is 0 Å². The van der Waals surface area contributed by atoms with Gasteiger partial charge in [-0.15, -0.1) is 0 Å². The van der Waals surface area contributed by atoms with Gasteiger partial charge in [-0.3, -0.25) is 0 Å². The van der Waals surface area contributed by atoms with Gasteiger partial charge in [-0.1, -0.05) is 44.5 Å². The van der Waals surface area contributed by atoms with Crippen LogP contribution in [0.1, 0.15) is 50.2 Å². The molecule has 1 nitrogen and oxygen atoms in total. The fourth-order valence-corrected chi connectivity index (χ4v) is 2.97. The van der Waals surface area contributed by atoms with Crippen LogP contribution in [0.2, 0.25) is 0 Å². The van der Waals surface area contributed by atoms with Crippen LogP contribution in [0.3, 0.4) is 0 Å². The summed E-state index contributed by atoms with van der Waals surface area (Å²) in [4.78, 5) is 0. The van der Waals surface area contributed by atoms with Crippen molar-refractivity contribution in [2.45, 2.75) is 51.6 Å². The predicted molar refractivity (Wildman–Crippen MR) is 67.6 cm³/mol. The lowest BCUT2D eigenvalue weighted by Gasteiger charge is -2.25. The fraction of sp³-hybridized carbons (Fsp3) is 0.600. The summed E-state index contributed by atoms with van der Waals surface area (Å²) >= 11 is 0. The highest BCUT2D eigenvalue weighted by Gasteiger charge is 2.30. The Morgan fingerprint density at radius 3 is 2.88 bits per heavy atom. The minimum absolute atomic E-state index is 0.163. The Balaban J connectivity index is 2.12. The van der Waals surface area contributed by atoms with E-state index in [1.54, 1.807) is 0 Å². The van der Waals surface area contributed by atoms with E-state index in [4.69, 9.17) is 0 Å². The molecule has 16 heavy (non-hydrogen) atoms. The molecule has 1 aliphatic rings. The van der Waals surface area contributed by atoms with Crippen molar-refractivity contribution in [1.82, 2.24) is 0 Å². The zero-order chi connectivity index (χ0) is 11.5. The van der Waals surface area contributed by atoms with Crippen molar-refractivity contribution in [2.24, 2.45) is 5.92 Å². The topological polar surface area (TPSA) is 20.2 Å². The van der Waals surface area contributed by atoms with Crippen LogP contribution in [0.15, 0.2) is 24.3 Å². The summed E-state index contributed by atoms with van der Waals surface area (Å²) in [6.45, 7) is 4.36. The van der Waals surface area contributed by atoms with Crippen molar-refractivity contribution in [3.8, 4) is 0 Å². The molecule has 0 aliphatic heterocycles. The quantitative estimate of drug-likeness (QED) is 0.820. The maximum absolute atomic E-state index is 10.4. The fourth-order valence-electron chi connectivity index (χ4n) is 2.97. The monoisotopic (exact) mass is 218 g/mol. The number of aliphatic hydroxyl groups is 1. The minimum atomic E-state index is -0.163. The van der Waals surface area contributed by atoms with Gasteiger partial charge in [0.15, 0.2) is 0 Å². The van der Waals surface area contributed by atoms with Crippen molar-refractivity contribution in [1.29, 1.82) is 0 Å². The largest absolute Gasteiger partial charge is 0.392 e. The van der Waals surface area contributed by atoms with Gasteiger partial charge < -0.3 is 5.11 Å². The summed E-state index contributed by atoms with van der Waals surface area (Å²) in [5.74, 6) is 0.791. The molecule has 0 bridgehead atoms. The highest BCUT2D eigenvalue weighted by Crippen LogP contribution is 2.38. The molecule has 0 heterocycles. The van der Waals surface area contributed by atoms with E-state index in [2.05, 4.69) is 38.1 Å². The minimum Gasteiger partial charge on any atom is -0.392 e. The van der Waals surface area contributed by atoms with Crippen LogP contribution in [0, 0.1) is 5.92 Å². The molecule has 0 aromatic heterocycles. The Bertz CT molecular complexity index is 345. The summed E-state index contributed by atoms with van der Waals surface area (Å²) in [6.07, 6.45) is 4.38. The number of aryl methyl sites for hydroxylation is 1. The van der Waals surface area contributed by atoms with Crippen LogP contribution >= 0.6 is 0 Å². The van der Waals surface area contributed by atoms with Crippen molar-refractivity contribution in [3.05, 3.63) is 35.4 Å². The first-order valence-electron chi connectivity index (χ1n) is 6.50. The van der Waals surface area contributed by atoms with E-state index >= 15 is 0 Å². The van der Waals surface area contributed by atoms with Gasteiger partial charge in [-0.2, -0.15) is 0 Å². The van der Waals surface area contributed by atoms with Crippen LogP contribution < -0.4 is 0 Å². The van der Waals surface area contributed by atoms with E-state index < -0.39 is 0 Å². The van der Waals surface area contributed by atoms with Crippen LogP contribution in [0.25, 0.3) is 0 Å². The van der Waals surface area contributed by atoms with Gasteiger partial charge in [0.05, 0.1) is 6.10 Å². The second kappa shape index (κ2) is 5.01. The average Bonchev–Trinajstić information content (AvgIpc) is 2.72. The van der Waals surface area contributed by atoms with Crippen LogP contribution in [-0.4, -0.2) is 11.2 Å². The van der Waals surface area contributed by atoms with Gasteiger partial charge in [-0.25, -0.2) is 0 Å². The summed E-state index contributed by atoms with van der Waals surface area (Å²) in [7, 11) is 0. The zero-order valence-electron chi connectivity index (χ0n) is 10.3. The average molecular weight is 218 g/mol. The summed E-state index contributed by atoms with van der Waals surface area (Å²) < 4.78 is 0. The van der Waals surface area contributed by atoms with Crippen molar-refractivity contribution < 1.29 is 5.11 Å². The molecule has 0 saturated heterocycles. The first-order chi connectivity index (χ1) is 7.74. The lowest BCUT2D eigenvalue weighted by molar-refractivity contribution is 0.0837. The molecular formula is C15H22O. The van der Waals surface area contributed by atoms with Crippen LogP contribution in [0.4, 0.5) is 0 Å². The maximum Gasteiger partial charge on any atom is 0.0634 e. The summed E-state index contributed by atoms with van der Waals surface area (Å²) in [5.41, 5.74) is 2.83. The van der Waals surface area contributed by atoms with Crippen LogP contribution in [-0.2, 0) is 6.42 Å². The highest BCUT2D eigenvalue weighted by atomic mass is 16.3. The molecule has 1 aliphatic carbocycles. The molecule has 0 saturated carbocycles. The molecule has 88 valence electrons. The standard InChI is InChI=1S/C15H22O/c1-3-6-11(2)15(16)14-10-9-12-7-4-5-8-13(12)14/h4-5,7-8,11,14-16H,3,6,9-10H2,1-2H3. The third-order valence-corrected chi connectivity index (χ3v) is 3.92. The number of hydrogen-bond donors (Lipinski definition) is 1.